The quantitative estimate of drug-likeness (QED) is 0.448. The van der Waals surface area contributed by atoms with Gasteiger partial charge >= 0.3 is 0 Å². The highest BCUT2D eigenvalue weighted by Gasteiger charge is 2.25. The molecule has 0 radical (unpaired) electrons. The molecule has 1 fully saturated rings. The molecule has 7 nitrogen and oxygen atoms in total. The Kier molecular flexibility index (Phi) is 6.17. The Morgan fingerprint density at radius 3 is 2.76 bits per heavy atom. The molecule has 8 heteroatoms. The lowest BCUT2D eigenvalue weighted by Crippen LogP contribution is -2.40. The lowest BCUT2D eigenvalue weighted by molar-refractivity contribution is -0.126. The zero-order valence-corrected chi connectivity index (χ0v) is 18.3. The van der Waals surface area contributed by atoms with Crippen LogP contribution in [0, 0.1) is 11.7 Å². The zero-order chi connectivity index (χ0) is 22.6. The molecule has 1 amide bonds. The van der Waals surface area contributed by atoms with Crippen LogP contribution in [0.25, 0.3) is 22.4 Å². The van der Waals surface area contributed by atoms with Gasteiger partial charge in [-0.2, -0.15) is 4.98 Å². The summed E-state index contributed by atoms with van der Waals surface area (Å²) in [6.45, 7) is 2.82. The first kappa shape index (κ1) is 21.3. The van der Waals surface area contributed by atoms with Crippen molar-refractivity contribution in [2.75, 3.05) is 19.6 Å². The number of hydrogen-bond acceptors (Lipinski definition) is 5. The van der Waals surface area contributed by atoms with Gasteiger partial charge < -0.3 is 14.8 Å². The Balaban J connectivity index is 1.07. The number of nitrogens with zero attached hydrogens (tertiary/aromatic N) is 3. The maximum Gasteiger partial charge on any atom is 0.257 e. The predicted molar refractivity (Wildman–Crippen MR) is 123 cm³/mol. The molecular weight excluding hydrogens is 421 g/mol. The van der Waals surface area contributed by atoms with Gasteiger partial charge in [-0.3, -0.25) is 9.69 Å². The number of nitrogens with one attached hydrogen (secondary N) is 2. The van der Waals surface area contributed by atoms with Gasteiger partial charge in [-0.15, -0.1) is 0 Å². The van der Waals surface area contributed by atoms with Gasteiger partial charge in [-0.1, -0.05) is 23.4 Å². The van der Waals surface area contributed by atoms with Crippen LogP contribution < -0.4 is 5.32 Å². The molecule has 1 saturated heterocycles. The van der Waals surface area contributed by atoms with Crippen molar-refractivity contribution < 1.29 is 13.7 Å². The Labute approximate surface area is 191 Å². The van der Waals surface area contributed by atoms with Crippen molar-refractivity contribution in [3.05, 3.63) is 71.9 Å². The van der Waals surface area contributed by atoms with Crippen molar-refractivity contribution >= 4 is 16.8 Å². The summed E-state index contributed by atoms with van der Waals surface area (Å²) < 4.78 is 18.4. The Morgan fingerprint density at radius 2 is 1.94 bits per heavy atom. The number of piperidine rings is 1. The van der Waals surface area contributed by atoms with Crippen LogP contribution >= 0.6 is 0 Å². The molecular formula is C25H26FN5O2. The van der Waals surface area contributed by atoms with Crippen LogP contribution in [0.4, 0.5) is 4.39 Å². The van der Waals surface area contributed by atoms with Crippen LogP contribution in [0.1, 0.15) is 24.2 Å². The van der Waals surface area contributed by atoms with Crippen molar-refractivity contribution in [1.29, 1.82) is 0 Å². The van der Waals surface area contributed by atoms with Gasteiger partial charge in [0.2, 0.25) is 5.91 Å². The van der Waals surface area contributed by atoms with Crippen molar-refractivity contribution in [2.45, 2.75) is 25.8 Å². The average Bonchev–Trinajstić information content (AvgIpc) is 3.47. The van der Waals surface area contributed by atoms with Crippen LogP contribution in [0.5, 0.6) is 0 Å². The third-order valence-corrected chi connectivity index (χ3v) is 6.25. The molecule has 5 rings (SSSR count). The minimum absolute atomic E-state index is 0.0317. The Morgan fingerprint density at radius 1 is 1.15 bits per heavy atom. The van der Waals surface area contributed by atoms with E-state index in [-0.39, 0.29) is 17.6 Å². The molecule has 4 aromatic rings. The maximum atomic E-state index is 13.1. The van der Waals surface area contributed by atoms with E-state index in [0.717, 1.165) is 37.9 Å². The fourth-order valence-corrected chi connectivity index (χ4v) is 4.38. The number of H-pyrrole nitrogens is 1. The molecule has 3 heterocycles. The summed E-state index contributed by atoms with van der Waals surface area (Å²) in [5.41, 5.74) is 3.04. The number of amides is 1. The maximum absolute atomic E-state index is 13.1. The molecule has 2 aromatic heterocycles. The monoisotopic (exact) mass is 447 g/mol. The average molecular weight is 448 g/mol. The summed E-state index contributed by atoms with van der Waals surface area (Å²) >= 11 is 0. The highest BCUT2D eigenvalue weighted by molar-refractivity contribution is 5.83. The number of carbonyl (C=O) groups excluding carboxylic acids is 1. The predicted octanol–water partition coefficient (Wildman–Crippen LogP) is 3.93. The number of carbonyl (C=O) groups is 1. The van der Waals surface area contributed by atoms with Crippen LogP contribution in [0.2, 0.25) is 0 Å². The molecule has 2 N–H and O–H groups in total. The third-order valence-electron chi connectivity index (χ3n) is 6.25. The summed E-state index contributed by atoms with van der Waals surface area (Å²) in [5, 5.41) is 8.37. The van der Waals surface area contributed by atoms with E-state index >= 15 is 0 Å². The van der Waals surface area contributed by atoms with Crippen LogP contribution in [0.3, 0.4) is 0 Å². The highest BCUT2D eigenvalue weighted by Crippen LogP contribution is 2.22. The fraction of sp³-hybridized carbons (Fsp3) is 0.320. The van der Waals surface area contributed by atoms with E-state index in [4.69, 9.17) is 4.52 Å². The lowest BCUT2D eigenvalue weighted by Gasteiger charge is -2.30. The summed E-state index contributed by atoms with van der Waals surface area (Å²) in [7, 11) is 0. The van der Waals surface area contributed by atoms with Crippen molar-refractivity contribution in [2.24, 2.45) is 5.92 Å². The van der Waals surface area contributed by atoms with Crippen molar-refractivity contribution in [3.63, 3.8) is 0 Å². The molecule has 2 aromatic carbocycles. The first-order chi connectivity index (χ1) is 16.2. The third kappa shape index (κ3) is 4.96. The molecule has 0 saturated carbocycles. The number of para-hydroxylation sites is 1. The fourth-order valence-electron chi connectivity index (χ4n) is 4.38. The van der Waals surface area contributed by atoms with Crippen LogP contribution in [0.15, 0.2) is 59.3 Å². The first-order valence-electron chi connectivity index (χ1n) is 11.3. The van der Waals surface area contributed by atoms with Gasteiger partial charge in [0.15, 0.2) is 5.82 Å². The number of likely N-dealkylation sites (tertiary alicyclic amines) is 1. The van der Waals surface area contributed by atoms with Gasteiger partial charge in [0.05, 0.1) is 6.54 Å². The minimum atomic E-state index is -0.302. The molecule has 33 heavy (non-hydrogen) atoms. The van der Waals surface area contributed by atoms with Crippen LogP contribution in [-0.2, 0) is 17.8 Å². The van der Waals surface area contributed by atoms with E-state index < -0.39 is 0 Å². The van der Waals surface area contributed by atoms with E-state index in [1.54, 1.807) is 12.1 Å². The SMILES string of the molecule is O=C(NCCc1c[nH]c2ccccc12)C1CCN(Cc2noc(-c3ccc(F)cc3)n2)CC1. The van der Waals surface area contributed by atoms with E-state index in [0.29, 0.717) is 30.4 Å². The number of halogens is 1. The van der Waals surface area contributed by atoms with E-state index in [2.05, 4.69) is 37.5 Å². The largest absolute Gasteiger partial charge is 0.361 e. The summed E-state index contributed by atoms with van der Waals surface area (Å²) in [5.74, 6) is 0.839. The molecule has 1 aliphatic rings. The molecule has 0 unspecified atom stereocenters. The smallest absolute Gasteiger partial charge is 0.257 e. The molecule has 0 atom stereocenters. The molecule has 170 valence electrons. The van der Waals surface area contributed by atoms with Crippen molar-refractivity contribution in [1.82, 2.24) is 25.3 Å². The number of benzene rings is 2. The highest BCUT2D eigenvalue weighted by atomic mass is 19.1. The molecule has 0 bridgehead atoms. The lowest BCUT2D eigenvalue weighted by atomic mass is 9.96. The van der Waals surface area contributed by atoms with Gasteiger partial charge in [0.1, 0.15) is 5.82 Å². The summed E-state index contributed by atoms with van der Waals surface area (Å²) in [4.78, 5) is 22.6. The van der Waals surface area contributed by atoms with E-state index in [1.807, 2.05) is 18.3 Å². The summed E-state index contributed by atoms with van der Waals surface area (Å²) in [6, 6.07) is 14.2. The number of hydrogen-bond donors (Lipinski definition) is 2. The molecule has 0 aliphatic carbocycles. The molecule has 0 spiro atoms. The number of fused-ring (bicyclic) bond motifs is 1. The van der Waals surface area contributed by atoms with Crippen LogP contribution in [-0.4, -0.2) is 45.6 Å². The Bertz CT molecular complexity index is 1230. The second-order valence-corrected chi connectivity index (χ2v) is 8.47. The second-order valence-electron chi connectivity index (χ2n) is 8.47. The van der Waals surface area contributed by atoms with Gasteiger partial charge in [-0.05, 0) is 68.2 Å². The van der Waals surface area contributed by atoms with Crippen molar-refractivity contribution in [3.8, 4) is 11.5 Å². The number of aromatic amines is 1. The standard InChI is InChI=1S/C25H26FN5O2/c26-20-7-5-18(6-8-20)25-29-23(30-33-25)16-31-13-10-17(11-14-31)24(32)27-12-9-19-15-28-22-4-2-1-3-21(19)22/h1-8,15,17,28H,9-14,16H2,(H,27,32). The normalized spacial score (nSPS) is 15.2. The topological polar surface area (TPSA) is 87.0 Å². The number of aromatic nitrogens is 3. The first-order valence-corrected chi connectivity index (χ1v) is 11.3. The zero-order valence-electron chi connectivity index (χ0n) is 18.3. The summed E-state index contributed by atoms with van der Waals surface area (Å²) in [6.07, 6.45) is 4.45. The second kappa shape index (κ2) is 9.54. The minimum Gasteiger partial charge on any atom is -0.361 e. The van der Waals surface area contributed by atoms with E-state index in [1.165, 1.54) is 23.1 Å². The number of rotatable bonds is 7. The van der Waals surface area contributed by atoms with Gasteiger partial charge in [0.25, 0.3) is 5.89 Å². The van der Waals surface area contributed by atoms with Gasteiger partial charge in [-0.25, -0.2) is 4.39 Å². The molecule has 1 aliphatic heterocycles. The Hall–Kier alpha value is -3.52. The van der Waals surface area contributed by atoms with E-state index in [9.17, 15) is 9.18 Å². The van der Waals surface area contributed by atoms with Gasteiger partial charge in [0, 0.05) is 35.1 Å².